The molecule has 5 nitrogen and oxygen atoms in total. The molecule has 0 radical (unpaired) electrons. The lowest BCUT2D eigenvalue weighted by Crippen LogP contribution is -2.41. The maximum Gasteiger partial charge on any atom is 0.266 e. The van der Waals surface area contributed by atoms with E-state index in [1.807, 2.05) is 54.6 Å². The third-order valence-electron chi connectivity index (χ3n) is 5.49. The molecule has 4 rings (SSSR count). The molecule has 7 heteroatoms. The zero-order chi connectivity index (χ0) is 22.5. The minimum atomic E-state index is -0.0940. The van der Waals surface area contributed by atoms with Gasteiger partial charge in [-0.1, -0.05) is 71.4 Å². The fraction of sp³-hybridized carbons (Fsp3) is 0.280. The Morgan fingerprint density at radius 3 is 2.56 bits per heavy atom. The zero-order valence-electron chi connectivity index (χ0n) is 18.3. The summed E-state index contributed by atoms with van der Waals surface area (Å²) in [5.41, 5.74) is 0.893. The number of benzene rings is 3. The van der Waals surface area contributed by atoms with Gasteiger partial charge in [0, 0.05) is 17.6 Å². The van der Waals surface area contributed by atoms with Crippen molar-refractivity contribution < 1.29 is 9.53 Å². The van der Waals surface area contributed by atoms with Crippen LogP contribution in [0.5, 0.6) is 5.75 Å². The first kappa shape index (κ1) is 22.7. The van der Waals surface area contributed by atoms with Crippen LogP contribution in [-0.2, 0) is 4.79 Å². The highest BCUT2D eigenvalue weighted by Crippen LogP contribution is 2.31. The molecule has 0 bridgehead atoms. The number of rotatable bonds is 9. The summed E-state index contributed by atoms with van der Waals surface area (Å²) in [6.45, 7) is 7.48. The first-order valence-corrected chi connectivity index (χ1v) is 12.4. The fourth-order valence-electron chi connectivity index (χ4n) is 3.59. The number of amides is 1. The number of carbonyl (C=O) groups is 1. The van der Waals surface area contributed by atoms with Gasteiger partial charge in [-0.25, -0.2) is 4.98 Å². The highest BCUT2D eigenvalue weighted by molar-refractivity contribution is 9.10. The summed E-state index contributed by atoms with van der Waals surface area (Å²) in [6, 6.07) is 20.0. The normalized spacial score (nSPS) is 11.4. The van der Waals surface area contributed by atoms with Gasteiger partial charge < -0.3 is 9.64 Å². The Kier molecular flexibility index (Phi) is 7.40. The molecule has 3 aromatic carbocycles. The van der Waals surface area contributed by atoms with E-state index in [2.05, 4.69) is 40.7 Å². The number of anilines is 1. The molecule has 0 saturated heterocycles. The molecule has 32 heavy (non-hydrogen) atoms. The van der Waals surface area contributed by atoms with Gasteiger partial charge in [-0.05, 0) is 54.2 Å². The molecule has 1 heterocycles. The highest BCUT2D eigenvalue weighted by Gasteiger charge is 2.21. The monoisotopic (exact) mass is 511 g/mol. The Balaban J connectivity index is 1.53. The van der Waals surface area contributed by atoms with Crippen molar-refractivity contribution in [3.63, 3.8) is 0 Å². The fourth-order valence-corrected chi connectivity index (χ4v) is 5.15. The summed E-state index contributed by atoms with van der Waals surface area (Å²) < 4.78 is 7.94. The van der Waals surface area contributed by atoms with Crippen LogP contribution >= 0.6 is 27.3 Å². The van der Waals surface area contributed by atoms with E-state index in [9.17, 15) is 4.79 Å². The maximum absolute atomic E-state index is 13.3. The lowest BCUT2D eigenvalue weighted by atomic mass is 10.1. The number of nitrogens with zero attached hydrogens (tertiary/aromatic N) is 3. The second-order valence-electron chi connectivity index (χ2n) is 7.48. The number of carbonyl (C=O) groups excluding carboxylic acids is 1. The summed E-state index contributed by atoms with van der Waals surface area (Å²) >= 11 is 5.04. The van der Waals surface area contributed by atoms with E-state index in [1.165, 1.54) is 11.3 Å². The van der Waals surface area contributed by atoms with Crippen molar-refractivity contribution in [1.29, 1.82) is 0 Å². The summed E-state index contributed by atoms with van der Waals surface area (Å²) in [7, 11) is 0. The Morgan fingerprint density at radius 1 is 1.00 bits per heavy atom. The van der Waals surface area contributed by atoms with Gasteiger partial charge in [0.25, 0.3) is 5.91 Å². The van der Waals surface area contributed by atoms with Crippen molar-refractivity contribution in [2.75, 3.05) is 37.7 Å². The quantitative estimate of drug-likeness (QED) is 0.278. The lowest BCUT2D eigenvalue weighted by molar-refractivity contribution is -0.120. The number of aromatic nitrogens is 1. The molecule has 0 N–H and O–H groups in total. The van der Waals surface area contributed by atoms with E-state index in [1.54, 1.807) is 4.90 Å². The number of hydrogen-bond acceptors (Lipinski definition) is 5. The van der Waals surface area contributed by atoms with Gasteiger partial charge in [0.05, 0.1) is 10.2 Å². The largest absolute Gasteiger partial charge is 0.484 e. The van der Waals surface area contributed by atoms with Crippen LogP contribution in [0.3, 0.4) is 0 Å². The van der Waals surface area contributed by atoms with Crippen LogP contribution < -0.4 is 9.64 Å². The first-order chi connectivity index (χ1) is 15.6. The van der Waals surface area contributed by atoms with Crippen LogP contribution in [0.15, 0.2) is 65.1 Å². The van der Waals surface area contributed by atoms with E-state index in [4.69, 9.17) is 9.72 Å². The zero-order valence-corrected chi connectivity index (χ0v) is 20.7. The van der Waals surface area contributed by atoms with Crippen LogP contribution in [0.4, 0.5) is 5.13 Å². The second-order valence-corrected chi connectivity index (χ2v) is 9.40. The summed E-state index contributed by atoms with van der Waals surface area (Å²) in [4.78, 5) is 22.0. The van der Waals surface area contributed by atoms with E-state index < -0.39 is 0 Å². The number of halogens is 1. The molecule has 1 amide bonds. The van der Waals surface area contributed by atoms with Crippen molar-refractivity contribution in [3.8, 4) is 5.75 Å². The van der Waals surface area contributed by atoms with Crippen LogP contribution in [0.25, 0.3) is 21.0 Å². The van der Waals surface area contributed by atoms with Crippen LogP contribution in [0.1, 0.15) is 13.8 Å². The van der Waals surface area contributed by atoms with E-state index in [0.717, 1.165) is 45.1 Å². The molecule has 0 aliphatic carbocycles. The van der Waals surface area contributed by atoms with Gasteiger partial charge in [-0.2, -0.15) is 0 Å². The smallest absolute Gasteiger partial charge is 0.266 e. The minimum absolute atomic E-state index is 0.0315. The number of likely N-dealkylation sites (N-methyl/N-ethyl adjacent to an activating group) is 1. The Bertz CT molecular complexity index is 1220. The molecular weight excluding hydrogens is 486 g/mol. The molecule has 0 fully saturated rings. The van der Waals surface area contributed by atoms with Crippen molar-refractivity contribution >= 4 is 59.3 Å². The van der Waals surface area contributed by atoms with Gasteiger partial charge >= 0.3 is 0 Å². The number of thiazole rings is 1. The van der Waals surface area contributed by atoms with Crippen molar-refractivity contribution in [2.24, 2.45) is 0 Å². The molecule has 0 unspecified atom stereocenters. The minimum Gasteiger partial charge on any atom is -0.484 e. The summed E-state index contributed by atoms with van der Waals surface area (Å²) in [6.07, 6.45) is 0. The van der Waals surface area contributed by atoms with E-state index in [0.29, 0.717) is 17.4 Å². The molecule has 4 aromatic rings. The summed E-state index contributed by atoms with van der Waals surface area (Å²) in [5, 5.41) is 2.94. The van der Waals surface area contributed by atoms with Gasteiger partial charge in [0.1, 0.15) is 5.75 Å². The predicted molar refractivity (Wildman–Crippen MR) is 137 cm³/mol. The lowest BCUT2D eigenvalue weighted by Gasteiger charge is -2.24. The molecule has 0 aliphatic heterocycles. The van der Waals surface area contributed by atoms with Crippen molar-refractivity contribution in [1.82, 2.24) is 9.88 Å². The van der Waals surface area contributed by atoms with E-state index in [-0.39, 0.29) is 12.5 Å². The maximum atomic E-state index is 13.3. The molecule has 0 aliphatic rings. The highest BCUT2D eigenvalue weighted by atomic mass is 79.9. The van der Waals surface area contributed by atoms with Gasteiger partial charge in [0.2, 0.25) is 0 Å². The molecule has 1 aromatic heterocycles. The average Bonchev–Trinajstić information content (AvgIpc) is 3.23. The van der Waals surface area contributed by atoms with Crippen LogP contribution in [0, 0.1) is 0 Å². The molecule has 0 saturated carbocycles. The Labute approximate surface area is 200 Å². The number of ether oxygens (including phenoxy) is 1. The van der Waals surface area contributed by atoms with Gasteiger partial charge in [0.15, 0.2) is 11.7 Å². The molecule has 166 valence electrons. The predicted octanol–water partition coefficient (Wildman–Crippen LogP) is 5.97. The third kappa shape index (κ3) is 5.28. The standard InChI is InChI=1S/C25H26BrN3O2S/c1-3-28(4-2)13-14-29(25-27-22-12-10-20(26)16-23(22)32-25)24(30)17-31-21-11-9-18-7-5-6-8-19(18)15-21/h5-12,15-16H,3-4,13-14,17H2,1-2H3. The van der Waals surface area contributed by atoms with Crippen LogP contribution in [-0.4, -0.2) is 48.6 Å². The number of hydrogen-bond donors (Lipinski definition) is 0. The Morgan fingerprint density at radius 2 is 1.78 bits per heavy atom. The molecule has 0 atom stereocenters. The van der Waals surface area contributed by atoms with Gasteiger partial charge in [-0.15, -0.1) is 0 Å². The molecular formula is C25H26BrN3O2S. The topological polar surface area (TPSA) is 45.7 Å². The van der Waals surface area contributed by atoms with E-state index >= 15 is 0 Å². The average molecular weight is 512 g/mol. The second kappa shape index (κ2) is 10.4. The Hall–Kier alpha value is -2.48. The molecule has 0 spiro atoms. The first-order valence-electron chi connectivity index (χ1n) is 10.8. The summed E-state index contributed by atoms with van der Waals surface area (Å²) in [5.74, 6) is 0.595. The SMILES string of the molecule is CCN(CC)CCN(C(=O)COc1ccc2ccccc2c1)c1nc2ccc(Br)cc2s1. The van der Waals surface area contributed by atoms with Gasteiger partial charge in [-0.3, -0.25) is 9.69 Å². The number of fused-ring (bicyclic) bond motifs is 2. The van der Waals surface area contributed by atoms with Crippen molar-refractivity contribution in [2.45, 2.75) is 13.8 Å². The third-order valence-corrected chi connectivity index (χ3v) is 7.02. The van der Waals surface area contributed by atoms with Crippen molar-refractivity contribution in [3.05, 3.63) is 65.1 Å². The van der Waals surface area contributed by atoms with Crippen LogP contribution in [0.2, 0.25) is 0 Å².